The van der Waals surface area contributed by atoms with Crippen molar-refractivity contribution in [2.75, 3.05) is 33.9 Å². The third-order valence-corrected chi connectivity index (χ3v) is 6.49. The number of carbonyl (C=O) groups excluding carboxylic acids is 1. The van der Waals surface area contributed by atoms with Gasteiger partial charge in [0, 0.05) is 19.4 Å². The van der Waals surface area contributed by atoms with Crippen LogP contribution in [-0.2, 0) is 11.2 Å². The highest BCUT2D eigenvalue weighted by atomic mass is 127. The molecule has 0 unspecified atom stereocenters. The summed E-state index contributed by atoms with van der Waals surface area (Å²) in [5.41, 5.74) is 2.73. The second-order valence-corrected chi connectivity index (χ2v) is 8.85. The Kier molecular flexibility index (Phi) is 8.43. The second kappa shape index (κ2) is 11.0. The number of aliphatic imine (C=N–C) groups is 1. The van der Waals surface area contributed by atoms with Gasteiger partial charge in [-0.1, -0.05) is 12.1 Å². The van der Waals surface area contributed by atoms with Crippen molar-refractivity contribution in [3.63, 3.8) is 0 Å². The molecular formula is C24H28FIN2O3. The Morgan fingerprint density at radius 2 is 1.77 bits per heavy atom. The zero-order chi connectivity index (χ0) is 22.4. The molecule has 1 aliphatic rings. The van der Waals surface area contributed by atoms with E-state index in [0.29, 0.717) is 0 Å². The Morgan fingerprint density at radius 1 is 1.13 bits per heavy atom. The molecule has 7 heteroatoms. The number of nitrogens with zero attached hydrogens (tertiary/aromatic N) is 2. The summed E-state index contributed by atoms with van der Waals surface area (Å²) in [6.45, 7) is 4.23. The molecule has 0 aromatic heterocycles. The van der Waals surface area contributed by atoms with Crippen molar-refractivity contribution in [3.05, 3.63) is 56.9 Å². The predicted molar refractivity (Wildman–Crippen MR) is 129 cm³/mol. The molecule has 1 saturated heterocycles. The van der Waals surface area contributed by atoms with Gasteiger partial charge >= 0.3 is 0 Å². The molecule has 0 radical (unpaired) electrons. The smallest absolute Gasteiger partial charge is 0.242 e. The number of likely N-dealkylation sites (tertiary alicyclic amines) is 1. The molecule has 0 aliphatic carbocycles. The minimum atomic E-state index is -0.289. The third kappa shape index (κ3) is 6.26. The van der Waals surface area contributed by atoms with Gasteiger partial charge < -0.3 is 14.4 Å². The summed E-state index contributed by atoms with van der Waals surface area (Å²) in [4.78, 5) is 18.4. The van der Waals surface area contributed by atoms with Crippen LogP contribution in [-0.4, -0.2) is 50.4 Å². The molecule has 0 saturated carbocycles. The van der Waals surface area contributed by atoms with E-state index >= 15 is 0 Å². The second-order valence-electron chi connectivity index (χ2n) is 7.69. The number of amides is 1. The Balaban J connectivity index is 1.64. The van der Waals surface area contributed by atoms with Gasteiger partial charge in [-0.2, -0.15) is 0 Å². The van der Waals surface area contributed by atoms with E-state index in [1.807, 2.05) is 6.07 Å². The Hall–Kier alpha value is -2.00. The first-order valence-corrected chi connectivity index (χ1v) is 11.5. The van der Waals surface area contributed by atoms with Crippen LogP contribution in [0.1, 0.15) is 30.9 Å². The third-order valence-electron chi connectivity index (χ3n) is 5.64. The molecular weight excluding hydrogens is 510 g/mol. The largest absolute Gasteiger partial charge is 0.496 e. The van der Waals surface area contributed by atoms with Gasteiger partial charge in [-0.3, -0.25) is 4.79 Å². The van der Waals surface area contributed by atoms with Crippen LogP contribution in [0.3, 0.4) is 0 Å². The van der Waals surface area contributed by atoms with E-state index in [4.69, 9.17) is 9.47 Å². The molecule has 0 spiro atoms. The lowest BCUT2D eigenvalue weighted by molar-refractivity contribution is -0.115. The minimum Gasteiger partial charge on any atom is -0.496 e. The van der Waals surface area contributed by atoms with Gasteiger partial charge in [0.05, 0.1) is 23.5 Å². The fourth-order valence-electron chi connectivity index (χ4n) is 4.01. The van der Waals surface area contributed by atoms with Crippen molar-refractivity contribution in [1.82, 2.24) is 4.90 Å². The molecule has 1 aliphatic heterocycles. The SMILES string of the molecule is COc1cc(CCN2CCC(C(=NC(C)=O)c3ccc(F)cc3)CC2)c(OC)cc1I. The molecule has 1 fully saturated rings. The molecule has 166 valence electrons. The van der Waals surface area contributed by atoms with Crippen LogP contribution in [0, 0.1) is 15.3 Å². The topological polar surface area (TPSA) is 51.1 Å². The van der Waals surface area contributed by atoms with Crippen LogP contribution < -0.4 is 9.47 Å². The maximum Gasteiger partial charge on any atom is 0.242 e. The predicted octanol–water partition coefficient (Wildman–Crippen LogP) is 4.74. The zero-order valence-electron chi connectivity index (χ0n) is 18.2. The average molecular weight is 538 g/mol. The fourth-order valence-corrected chi connectivity index (χ4v) is 4.67. The van der Waals surface area contributed by atoms with Crippen LogP contribution >= 0.6 is 22.6 Å². The van der Waals surface area contributed by atoms with Gasteiger partial charge in [-0.25, -0.2) is 9.38 Å². The normalized spacial score (nSPS) is 15.7. The van der Waals surface area contributed by atoms with E-state index in [9.17, 15) is 9.18 Å². The van der Waals surface area contributed by atoms with Crippen molar-refractivity contribution in [2.45, 2.75) is 26.2 Å². The fraction of sp³-hybridized carbons (Fsp3) is 0.417. The highest BCUT2D eigenvalue weighted by Crippen LogP contribution is 2.31. The lowest BCUT2D eigenvalue weighted by atomic mass is 9.87. The summed E-state index contributed by atoms with van der Waals surface area (Å²) in [5, 5.41) is 0. The first-order chi connectivity index (χ1) is 14.9. The molecule has 2 aromatic carbocycles. The number of halogens is 2. The van der Waals surface area contributed by atoms with E-state index in [-0.39, 0.29) is 17.6 Å². The van der Waals surface area contributed by atoms with Gasteiger partial charge in [0.15, 0.2) is 0 Å². The van der Waals surface area contributed by atoms with Crippen molar-refractivity contribution in [2.24, 2.45) is 10.9 Å². The zero-order valence-corrected chi connectivity index (χ0v) is 20.3. The standard InChI is InChI=1S/C24H28FIN2O3/c1-16(29)27-24(17-4-6-20(25)7-5-17)18-8-11-28(12-9-18)13-10-19-14-23(31-3)21(26)15-22(19)30-2/h4-7,14-15,18H,8-13H2,1-3H3. The number of benzene rings is 2. The van der Waals surface area contributed by atoms with Gasteiger partial charge in [0.1, 0.15) is 17.3 Å². The Morgan fingerprint density at radius 3 is 2.35 bits per heavy atom. The summed E-state index contributed by atoms with van der Waals surface area (Å²) in [6, 6.07) is 10.3. The number of piperidine rings is 1. The first-order valence-electron chi connectivity index (χ1n) is 10.4. The number of hydrogen-bond acceptors (Lipinski definition) is 4. The Labute approximate surface area is 196 Å². The van der Waals surface area contributed by atoms with E-state index in [0.717, 1.165) is 70.8 Å². The van der Waals surface area contributed by atoms with E-state index in [1.165, 1.54) is 19.1 Å². The molecule has 0 atom stereocenters. The lowest BCUT2D eigenvalue weighted by Gasteiger charge is -2.32. The highest BCUT2D eigenvalue weighted by molar-refractivity contribution is 14.1. The van der Waals surface area contributed by atoms with E-state index in [2.05, 4.69) is 38.5 Å². The average Bonchev–Trinajstić information content (AvgIpc) is 2.77. The van der Waals surface area contributed by atoms with Gasteiger partial charge in [0.2, 0.25) is 5.91 Å². The van der Waals surface area contributed by atoms with Gasteiger partial charge in [0.25, 0.3) is 0 Å². The summed E-state index contributed by atoms with van der Waals surface area (Å²) in [7, 11) is 3.37. The van der Waals surface area contributed by atoms with Crippen LogP contribution in [0.2, 0.25) is 0 Å². The molecule has 5 nitrogen and oxygen atoms in total. The van der Waals surface area contributed by atoms with E-state index in [1.54, 1.807) is 26.4 Å². The van der Waals surface area contributed by atoms with Gasteiger partial charge in [-0.05, 0) is 90.3 Å². The number of ether oxygens (including phenoxy) is 2. The number of methoxy groups -OCH3 is 2. The first kappa shape index (κ1) is 23.7. The highest BCUT2D eigenvalue weighted by Gasteiger charge is 2.25. The summed E-state index contributed by atoms with van der Waals surface area (Å²) < 4.78 is 25.4. The molecule has 1 heterocycles. The number of carbonyl (C=O) groups is 1. The summed E-state index contributed by atoms with van der Waals surface area (Å²) in [5.74, 6) is 1.43. The Bertz CT molecular complexity index is 939. The van der Waals surface area contributed by atoms with Crippen LogP contribution in [0.4, 0.5) is 4.39 Å². The maximum absolute atomic E-state index is 13.3. The summed E-state index contributed by atoms with van der Waals surface area (Å²) >= 11 is 2.25. The number of rotatable bonds is 7. The molecule has 31 heavy (non-hydrogen) atoms. The van der Waals surface area contributed by atoms with Crippen molar-refractivity contribution in [1.29, 1.82) is 0 Å². The van der Waals surface area contributed by atoms with Crippen LogP contribution in [0.15, 0.2) is 41.4 Å². The molecule has 3 rings (SSSR count). The molecule has 0 N–H and O–H groups in total. The number of hydrogen-bond donors (Lipinski definition) is 0. The lowest BCUT2D eigenvalue weighted by Crippen LogP contribution is -2.38. The maximum atomic E-state index is 13.3. The molecule has 0 bridgehead atoms. The van der Waals surface area contributed by atoms with Crippen molar-refractivity contribution >= 4 is 34.2 Å². The molecule has 1 amide bonds. The monoisotopic (exact) mass is 538 g/mol. The van der Waals surface area contributed by atoms with Crippen LogP contribution in [0.5, 0.6) is 11.5 Å². The molecule has 2 aromatic rings. The van der Waals surface area contributed by atoms with Crippen molar-refractivity contribution < 1.29 is 18.7 Å². The quantitative estimate of drug-likeness (QED) is 0.378. The minimum absolute atomic E-state index is 0.193. The van der Waals surface area contributed by atoms with Gasteiger partial charge in [-0.15, -0.1) is 0 Å². The van der Waals surface area contributed by atoms with E-state index < -0.39 is 0 Å². The van der Waals surface area contributed by atoms with Crippen molar-refractivity contribution in [3.8, 4) is 11.5 Å². The summed E-state index contributed by atoms with van der Waals surface area (Å²) in [6.07, 6.45) is 2.70. The van der Waals surface area contributed by atoms with Crippen LogP contribution in [0.25, 0.3) is 0 Å².